The van der Waals surface area contributed by atoms with E-state index in [1.54, 1.807) is 13.0 Å². The Morgan fingerprint density at radius 1 is 1.50 bits per heavy atom. The zero-order valence-electron chi connectivity index (χ0n) is 10.2. The fourth-order valence-electron chi connectivity index (χ4n) is 1.39. The summed E-state index contributed by atoms with van der Waals surface area (Å²) in [5, 5.41) is 3.09. The van der Waals surface area contributed by atoms with Crippen LogP contribution in [-0.2, 0) is 9.53 Å². The molecule has 0 bridgehead atoms. The smallest absolute Gasteiger partial charge is 0.309 e. The molecule has 0 aliphatic rings. The zero-order valence-corrected chi connectivity index (χ0v) is 11.0. The highest BCUT2D eigenvalue weighted by atomic mass is 32.1. The molecule has 0 amide bonds. The Morgan fingerprint density at radius 2 is 2.22 bits per heavy atom. The lowest BCUT2D eigenvalue weighted by molar-refractivity contribution is -0.142. The Morgan fingerprint density at radius 3 is 2.89 bits per heavy atom. The maximum atomic E-state index is 11.2. The first-order chi connectivity index (χ1) is 8.63. The number of benzene rings is 1. The van der Waals surface area contributed by atoms with E-state index < -0.39 is 0 Å². The monoisotopic (exact) mass is 264 g/mol. The minimum Gasteiger partial charge on any atom is -0.466 e. The molecule has 0 spiro atoms. The van der Waals surface area contributed by atoms with Crippen molar-refractivity contribution in [2.24, 2.45) is 5.73 Å². The maximum absolute atomic E-state index is 11.2. The van der Waals surface area contributed by atoms with E-state index >= 15 is 0 Å². The Balaban J connectivity index is 2.68. The Bertz CT molecular complexity index is 458. The van der Waals surface area contributed by atoms with Gasteiger partial charge in [-0.1, -0.05) is 30.4 Å². The molecule has 4 nitrogen and oxygen atoms in total. The average Bonchev–Trinajstić information content (AvgIpc) is 2.31. The van der Waals surface area contributed by atoms with Gasteiger partial charge in [-0.15, -0.1) is 0 Å². The number of esters is 1. The van der Waals surface area contributed by atoms with Crippen LogP contribution in [0.25, 0.3) is 6.08 Å². The van der Waals surface area contributed by atoms with Gasteiger partial charge in [-0.3, -0.25) is 4.79 Å². The van der Waals surface area contributed by atoms with Gasteiger partial charge in [0, 0.05) is 5.69 Å². The van der Waals surface area contributed by atoms with Gasteiger partial charge in [0.2, 0.25) is 0 Å². The van der Waals surface area contributed by atoms with Crippen molar-refractivity contribution in [2.45, 2.75) is 13.3 Å². The van der Waals surface area contributed by atoms with E-state index in [9.17, 15) is 4.79 Å². The lowest BCUT2D eigenvalue weighted by Crippen LogP contribution is -2.19. The van der Waals surface area contributed by atoms with Gasteiger partial charge in [0.1, 0.15) is 0 Å². The molecular formula is C13H16N2O2S. The lowest BCUT2D eigenvalue weighted by atomic mass is 10.1. The van der Waals surface area contributed by atoms with Crippen LogP contribution in [0.2, 0.25) is 0 Å². The largest absolute Gasteiger partial charge is 0.466 e. The summed E-state index contributed by atoms with van der Waals surface area (Å²) in [5.41, 5.74) is 7.15. The van der Waals surface area contributed by atoms with Crippen LogP contribution in [0.5, 0.6) is 0 Å². The number of hydrogen-bond acceptors (Lipinski definition) is 3. The summed E-state index contributed by atoms with van der Waals surface area (Å²) < 4.78 is 4.83. The normalized spacial score (nSPS) is 10.3. The first-order valence-corrected chi connectivity index (χ1v) is 6.02. The SMILES string of the molecule is CCOC(=O)CC=Cc1ccccc1NC(N)=S. The molecule has 0 aliphatic heterocycles. The van der Waals surface area contributed by atoms with Gasteiger partial charge >= 0.3 is 5.97 Å². The number of nitrogens with one attached hydrogen (secondary N) is 1. The summed E-state index contributed by atoms with van der Waals surface area (Å²) in [5.74, 6) is -0.242. The molecule has 0 unspecified atom stereocenters. The predicted molar refractivity (Wildman–Crippen MR) is 77.1 cm³/mol. The molecule has 3 N–H and O–H groups in total. The van der Waals surface area contributed by atoms with Crippen LogP contribution >= 0.6 is 12.2 Å². The third-order valence-corrected chi connectivity index (χ3v) is 2.21. The molecule has 0 fully saturated rings. The number of hydrogen-bond donors (Lipinski definition) is 2. The minimum atomic E-state index is -0.242. The molecule has 0 heterocycles. The summed E-state index contributed by atoms with van der Waals surface area (Å²) in [6.07, 6.45) is 3.82. The average molecular weight is 264 g/mol. The predicted octanol–water partition coefficient (Wildman–Crippen LogP) is 2.31. The van der Waals surface area contributed by atoms with Gasteiger partial charge in [-0.05, 0) is 30.8 Å². The van der Waals surface area contributed by atoms with Crippen LogP contribution in [0.4, 0.5) is 5.69 Å². The van der Waals surface area contributed by atoms with Crippen molar-refractivity contribution in [2.75, 3.05) is 11.9 Å². The van der Waals surface area contributed by atoms with Crippen LogP contribution in [0, 0.1) is 0 Å². The number of thiocarbonyl (C=S) groups is 1. The van der Waals surface area contributed by atoms with Gasteiger partial charge in [-0.2, -0.15) is 0 Å². The Kier molecular flexibility index (Phi) is 5.87. The minimum absolute atomic E-state index is 0.209. The van der Waals surface area contributed by atoms with Crippen LogP contribution in [0.15, 0.2) is 30.3 Å². The molecule has 18 heavy (non-hydrogen) atoms. The maximum Gasteiger partial charge on any atom is 0.309 e. The molecule has 0 saturated heterocycles. The molecule has 1 aromatic rings. The van der Waals surface area contributed by atoms with E-state index in [0.717, 1.165) is 11.3 Å². The van der Waals surface area contributed by atoms with E-state index in [1.165, 1.54) is 0 Å². The highest BCUT2D eigenvalue weighted by molar-refractivity contribution is 7.80. The third kappa shape index (κ3) is 4.97. The molecule has 1 rings (SSSR count). The topological polar surface area (TPSA) is 64.3 Å². The molecular weight excluding hydrogens is 248 g/mol. The Labute approximate surface area is 112 Å². The highest BCUT2D eigenvalue weighted by Gasteiger charge is 2.00. The molecule has 0 saturated carbocycles. The summed E-state index contributed by atoms with van der Waals surface area (Å²) >= 11 is 4.79. The summed E-state index contributed by atoms with van der Waals surface area (Å²) in [6.45, 7) is 2.18. The highest BCUT2D eigenvalue weighted by Crippen LogP contribution is 2.16. The molecule has 0 atom stereocenters. The number of carbonyl (C=O) groups is 1. The number of carbonyl (C=O) groups excluding carboxylic acids is 1. The second kappa shape index (κ2) is 7.45. The summed E-state index contributed by atoms with van der Waals surface area (Å²) in [4.78, 5) is 11.2. The van der Waals surface area contributed by atoms with Gasteiger partial charge in [0.25, 0.3) is 0 Å². The van der Waals surface area contributed by atoms with Crippen molar-refractivity contribution >= 4 is 35.1 Å². The van der Waals surface area contributed by atoms with E-state index in [2.05, 4.69) is 5.32 Å². The number of nitrogens with two attached hydrogens (primary N) is 1. The standard InChI is InChI=1S/C13H16N2O2S/c1-2-17-12(16)9-5-7-10-6-3-4-8-11(10)15-13(14)18/h3-8H,2,9H2,1H3,(H3,14,15,18). The van der Waals surface area contributed by atoms with E-state index in [4.69, 9.17) is 22.7 Å². The van der Waals surface area contributed by atoms with Crippen molar-refractivity contribution < 1.29 is 9.53 Å². The van der Waals surface area contributed by atoms with Crippen molar-refractivity contribution in [1.29, 1.82) is 0 Å². The third-order valence-electron chi connectivity index (χ3n) is 2.11. The van der Waals surface area contributed by atoms with Crippen LogP contribution < -0.4 is 11.1 Å². The number of rotatable bonds is 5. The van der Waals surface area contributed by atoms with Crippen molar-refractivity contribution in [3.63, 3.8) is 0 Å². The molecule has 0 aliphatic carbocycles. The quantitative estimate of drug-likeness (QED) is 0.631. The van der Waals surface area contributed by atoms with E-state index in [1.807, 2.05) is 30.3 Å². The van der Waals surface area contributed by atoms with Crippen LogP contribution in [0.3, 0.4) is 0 Å². The Hall–Kier alpha value is -1.88. The molecule has 0 radical (unpaired) electrons. The first kappa shape index (κ1) is 14.2. The lowest BCUT2D eigenvalue weighted by Gasteiger charge is -2.07. The zero-order chi connectivity index (χ0) is 13.4. The van der Waals surface area contributed by atoms with Crippen molar-refractivity contribution in [3.8, 4) is 0 Å². The van der Waals surface area contributed by atoms with Crippen LogP contribution in [0.1, 0.15) is 18.9 Å². The molecule has 96 valence electrons. The number of para-hydroxylation sites is 1. The van der Waals surface area contributed by atoms with Gasteiger partial charge in [0.05, 0.1) is 13.0 Å². The number of ether oxygens (including phenoxy) is 1. The molecule has 1 aromatic carbocycles. The van der Waals surface area contributed by atoms with Gasteiger partial charge in [0.15, 0.2) is 5.11 Å². The fourth-order valence-corrected chi connectivity index (χ4v) is 1.50. The second-order valence-electron chi connectivity index (χ2n) is 3.49. The second-order valence-corrected chi connectivity index (χ2v) is 3.93. The summed E-state index contributed by atoms with van der Waals surface area (Å²) in [7, 11) is 0. The van der Waals surface area contributed by atoms with Gasteiger partial charge in [-0.25, -0.2) is 0 Å². The summed E-state index contributed by atoms with van der Waals surface area (Å²) in [6, 6.07) is 7.55. The van der Waals surface area contributed by atoms with E-state index in [-0.39, 0.29) is 17.5 Å². The van der Waals surface area contributed by atoms with Crippen LogP contribution in [-0.4, -0.2) is 17.7 Å². The first-order valence-electron chi connectivity index (χ1n) is 5.61. The molecule has 5 heteroatoms. The fraction of sp³-hybridized carbons (Fsp3) is 0.231. The van der Waals surface area contributed by atoms with Crippen molar-refractivity contribution in [1.82, 2.24) is 0 Å². The van der Waals surface area contributed by atoms with E-state index in [0.29, 0.717) is 6.61 Å². The number of anilines is 1. The van der Waals surface area contributed by atoms with Gasteiger partial charge < -0.3 is 15.8 Å². The van der Waals surface area contributed by atoms with Crippen molar-refractivity contribution in [3.05, 3.63) is 35.9 Å². The molecule has 0 aromatic heterocycles.